The van der Waals surface area contributed by atoms with Crippen LogP contribution in [-0.2, 0) is 0 Å². The first kappa shape index (κ1) is 15.3. The molecule has 2 aromatic carbocycles. The molecule has 21 heavy (non-hydrogen) atoms. The largest absolute Gasteiger partial charge is 0.378 e. The van der Waals surface area contributed by atoms with Crippen molar-refractivity contribution in [3.8, 4) is 0 Å². The van der Waals surface area contributed by atoms with Crippen LogP contribution in [0.1, 0.15) is 18.5 Å². The molecule has 6 heteroatoms. The Balaban J connectivity index is 2.13. The van der Waals surface area contributed by atoms with Crippen molar-refractivity contribution < 1.29 is 9.18 Å². The summed E-state index contributed by atoms with van der Waals surface area (Å²) in [6.07, 6.45) is 0. The number of nitrogens with two attached hydrogens (primary N) is 1. The number of primary amides is 1. The molecular formula is C15H15BrFN3O. The Labute approximate surface area is 130 Å². The number of amides is 2. The normalized spacial score (nSPS) is 11.8. The molecule has 2 rings (SSSR count). The number of carbonyl (C=O) groups is 1. The second-order valence-corrected chi connectivity index (χ2v) is 5.46. The Bertz CT molecular complexity index is 663. The molecule has 110 valence electrons. The second-order valence-electron chi connectivity index (χ2n) is 4.61. The van der Waals surface area contributed by atoms with Crippen molar-refractivity contribution in [1.29, 1.82) is 0 Å². The monoisotopic (exact) mass is 351 g/mol. The predicted molar refractivity (Wildman–Crippen MR) is 85.8 cm³/mol. The summed E-state index contributed by atoms with van der Waals surface area (Å²) in [7, 11) is 0. The molecule has 0 saturated heterocycles. The molecule has 0 saturated carbocycles. The van der Waals surface area contributed by atoms with E-state index in [2.05, 4.69) is 26.6 Å². The van der Waals surface area contributed by atoms with E-state index in [9.17, 15) is 9.18 Å². The highest BCUT2D eigenvalue weighted by atomic mass is 79.9. The number of hydrogen-bond acceptors (Lipinski definition) is 2. The molecule has 0 aromatic heterocycles. The highest BCUT2D eigenvalue weighted by Gasteiger charge is 2.08. The Kier molecular flexibility index (Phi) is 4.80. The van der Waals surface area contributed by atoms with Crippen LogP contribution in [0.25, 0.3) is 0 Å². The lowest BCUT2D eigenvalue weighted by Gasteiger charge is -2.17. The van der Waals surface area contributed by atoms with Gasteiger partial charge in [0.05, 0.1) is 4.47 Å². The summed E-state index contributed by atoms with van der Waals surface area (Å²) in [5.41, 5.74) is 7.47. The van der Waals surface area contributed by atoms with Crippen LogP contribution in [0.2, 0.25) is 0 Å². The van der Waals surface area contributed by atoms with Gasteiger partial charge in [0, 0.05) is 17.4 Å². The van der Waals surface area contributed by atoms with Crippen LogP contribution in [0.15, 0.2) is 46.9 Å². The van der Waals surface area contributed by atoms with Gasteiger partial charge in [0.15, 0.2) is 0 Å². The highest BCUT2D eigenvalue weighted by Crippen LogP contribution is 2.25. The SMILES string of the molecule is CC(Nc1cccc(NC(N)=O)c1)c1ccc(F)c(Br)c1. The quantitative estimate of drug-likeness (QED) is 0.770. The molecule has 0 aliphatic carbocycles. The Morgan fingerprint density at radius 3 is 2.62 bits per heavy atom. The maximum Gasteiger partial charge on any atom is 0.316 e. The van der Waals surface area contributed by atoms with Crippen LogP contribution < -0.4 is 16.4 Å². The molecule has 1 unspecified atom stereocenters. The topological polar surface area (TPSA) is 67.2 Å². The van der Waals surface area contributed by atoms with Crippen molar-refractivity contribution in [3.05, 3.63) is 58.3 Å². The van der Waals surface area contributed by atoms with E-state index in [1.54, 1.807) is 30.3 Å². The van der Waals surface area contributed by atoms with Gasteiger partial charge in [-0.25, -0.2) is 9.18 Å². The number of rotatable bonds is 4. The molecule has 0 heterocycles. The van der Waals surface area contributed by atoms with E-state index in [4.69, 9.17) is 5.73 Å². The smallest absolute Gasteiger partial charge is 0.316 e. The predicted octanol–water partition coefficient (Wildman–Crippen LogP) is 4.25. The minimum Gasteiger partial charge on any atom is -0.378 e. The molecule has 4 nitrogen and oxygen atoms in total. The zero-order valence-electron chi connectivity index (χ0n) is 11.4. The molecule has 1 atom stereocenters. The van der Waals surface area contributed by atoms with Crippen molar-refractivity contribution in [3.63, 3.8) is 0 Å². The third-order valence-corrected chi connectivity index (χ3v) is 3.56. The van der Waals surface area contributed by atoms with Crippen molar-refractivity contribution in [1.82, 2.24) is 0 Å². The zero-order valence-corrected chi connectivity index (χ0v) is 12.9. The van der Waals surface area contributed by atoms with Gasteiger partial charge in [0.25, 0.3) is 0 Å². The zero-order chi connectivity index (χ0) is 15.4. The van der Waals surface area contributed by atoms with E-state index in [1.165, 1.54) is 6.07 Å². The molecule has 0 fully saturated rings. The maximum absolute atomic E-state index is 13.2. The summed E-state index contributed by atoms with van der Waals surface area (Å²) >= 11 is 3.17. The van der Waals surface area contributed by atoms with Gasteiger partial charge < -0.3 is 16.4 Å². The molecular weight excluding hydrogens is 337 g/mol. The lowest BCUT2D eigenvalue weighted by atomic mass is 10.1. The summed E-state index contributed by atoms with van der Waals surface area (Å²) in [4.78, 5) is 10.8. The fraction of sp³-hybridized carbons (Fsp3) is 0.133. The fourth-order valence-corrected chi connectivity index (χ4v) is 2.34. The second kappa shape index (κ2) is 6.58. The van der Waals surface area contributed by atoms with Gasteiger partial charge in [-0.3, -0.25) is 0 Å². The molecule has 0 spiro atoms. The minimum atomic E-state index is -0.609. The lowest BCUT2D eigenvalue weighted by Crippen LogP contribution is -2.19. The van der Waals surface area contributed by atoms with Crippen molar-refractivity contribution in [2.75, 3.05) is 10.6 Å². The van der Waals surface area contributed by atoms with Gasteiger partial charge in [-0.15, -0.1) is 0 Å². The standard InChI is InChI=1S/C15H15BrFN3O/c1-9(10-5-6-14(17)13(16)7-10)19-11-3-2-4-12(8-11)20-15(18)21/h2-9,19H,1H3,(H3,18,20,21). The number of nitrogens with one attached hydrogen (secondary N) is 2. The first-order chi connectivity index (χ1) is 9.95. The molecule has 0 aliphatic rings. The summed E-state index contributed by atoms with van der Waals surface area (Å²) in [5, 5.41) is 5.80. The first-order valence-electron chi connectivity index (χ1n) is 6.33. The van der Waals surface area contributed by atoms with Crippen LogP contribution in [0.5, 0.6) is 0 Å². The van der Waals surface area contributed by atoms with E-state index in [0.717, 1.165) is 11.3 Å². The first-order valence-corrected chi connectivity index (χ1v) is 7.13. The van der Waals surface area contributed by atoms with Gasteiger partial charge in [-0.2, -0.15) is 0 Å². The van der Waals surface area contributed by atoms with Crippen LogP contribution in [0.4, 0.5) is 20.6 Å². The molecule has 0 aliphatic heterocycles. The van der Waals surface area contributed by atoms with Gasteiger partial charge in [-0.1, -0.05) is 12.1 Å². The summed E-state index contributed by atoms with van der Waals surface area (Å²) in [6, 6.07) is 11.5. The molecule has 2 amide bonds. The third kappa shape index (κ3) is 4.19. The molecule has 4 N–H and O–H groups in total. The number of halogens is 2. The summed E-state index contributed by atoms with van der Waals surface area (Å²) in [5.74, 6) is -0.293. The maximum atomic E-state index is 13.2. The summed E-state index contributed by atoms with van der Waals surface area (Å²) < 4.78 is 13.7. The van der Waals surface area contributed by atoms with Crippen LogP contribution in [0.3, 0.4) is 0 Å². The number of carbonyl (C=O) groups excluding carboxylic acids is 1. The van der Waals surface area contributed by atoms with E-state index >= 15 is 0 Å². The van der Waals surface area contributed by atoms with Crippen LogP contribution in [0, 0.1) is 5.82 Å². The number of anilines is 2. The lowest BCUT2D eigenvalue weighted by molar-refractivity contribution is 0.259. The van der Waals surface area contributed by atoms with Gasteiger partial charge in [-0.05, 0) is 58.7 Å². The van der Waals surface area contributed by atoms with E-state index in [-0.39, 0.29) is 11.9 Å². The molecule has 2 aromatic rings. The average Bonchev–Trinajstić information content (AvgIpc) is 2.41. The van der Waals surface area contributed by atoms with Gasteiger partial charge >= 0.3 is 6.03 Å². The molecule has 0 radical (unpaired) electrons. The van der Waals surface area contributed by atoms with Gasteiger partial charge in [0.2, 0.25) is 0 Å². The number of benzene rings is 2. The number of urea groups is 1. The Morgan fingerprint density at radius 1 is 1.24 bits per heavy atom. The summed E-state index contributed by atoms with van der Waals surface area (Å²) in [6.45, 7) is 1.97. The van der Waals surface area contributed by atoms with E-state index in [0.29, 0.717) is 10.2 Å². The van der Waals surface area contributed by atoms with Gasteiger partial charge in [0.1, 0.15) is 5.82 Å². The van der Waals surface area contributed by atoms with Crippen molar-refractivity contribution in [2.45, 2.75) is 13.0 Å². The third-order valence-electron chi connectivity index (χ3n) is 2.96. The minimum absolute atomic E-state index is 0.0225. The van der Waals surface area contributed by atoms with Crippen molar-refractivity contribution >= 4 is 33.3 Å². The van der Waals surface area contributed by atoms with Crippen LogP contribution in [-0.4, -0.2) is 6.03 Å². The number of hydrogen-bond donors (Lipinski definition) is 3. The molecule has 0 bridgehead atoms. The Hall–Kier alpha value is -2.08. The van der Waals surface area contributed by atoms with E-state index < -0.39 is 6.03 Å². The Morgan fingerprint density at radius 2 is 1.95 bits per heavy atom. The van der Waals surface area contributed by atoms with Crippen LogP contribution >= 0.6 is 15.9 Å². The fourth-order valence-electron chi connectivity index (χ4n) is 1.94. The highest BCUT2D eigenvalue weighted by molar-refractivity contribution is 9.10. The van der Waals surface area contributed by atoms with Crippen molar-refractivity contribution in [2.24, 2.45) is 5.73 Å². The average molecular weight is 352 g/mol. The van der Waals surface area contributed by atoms with E-state index in [1.807, 2.05) is 13.0 Å².